The van der Waals surface area contributed by atoms with Crippen LogP contribution in [0.2, 0.25) is 0 Å². The fourth-order valence-electron chi connectivity index (χ4n) is 4.39. The Morgan fingerprint density at radius 3 is 1.24 bits per heavy atom. The molecule has 0 aromatic rings. The summed E-state index contributed by atoms with van der Waals surface area (Å²) < 4.78 is 10.4. The van der Waals surface area contributed by atoms with Gasteiger partial charge in [0.25, 0.3) is 0 Å². The zero-order chi connectivity index (χ0) is 24.2. The molecule has 0 amide bonds. The van der Waals surface area contributed by atoms with Crippen molar-refractivity contribution >= 4 is 5.97 Å². The van der Waals surface area contributed by atoms with Crippen LogP contribution in [0.3, 0.4) is 0 Å². The van der Waals surface area contributed by atoms with E-state index in [0.717, 1.165) is 6.42 Å². The first kappa shape index (κ1) is 32.4. The van der Waals surface area contributed by atoms with Crippen LogP contribution in [0, 0.1) is 0 Å². The molecule has 4 heteroatoms. The minimum Gasteiger partial charge on any atom is -0.458 e. The number of hydrogen-bond donors (Lipinski definition) is 1. The summed E-state index contributed by atoms with van der Waals surface area (Å²) in [4.78, 5) is 10.9. The molecule has 0 bridgehead atoms. The van der Waals surface area contributed by atoms with Crippen molar-refractivity contribution in [2.45, 2.75) is 161 Å². The van der Waals surface area contributed by atoms with Crippen LogP contribution in [0.5, 0.6) is 0 Å². The number of aliphatic hydroxyl groups is 1. The molecule has 0 aromatic carbocycles. The number of esters is 1. The van der Waals surface area contributed by atoms with Crippen LogP contribution in [0.4, 0.5) is 0 Å². The van der Waals surface area contributed by atoms with Crippen LogP contribution in [0.25, 0.3) is 0 Å². The van der Waals surface area contributed by atoms with E-state index in [2.05, 4.69) is 6.92 Å². The van der Waals surface area contributed by atoms with E-state index in [0.29, 0.717) is 6.61 Å². The van der Waals surface area contributed by atoms with Crippen molar-refractivity contribution < 1.29 is 19.4 Å². The second kappa shape index (κ2) is 27.6. The maximum absolute atomic E-state index is 10.9. The van der Waals surface area contributed by atoms with E-state index in [1.165, 1.54) is 142 Å². The van der Waals surface area contributed by atoms with Gasteiger partial charge in [-0.25, -0.2) is 0 Å². The van der Waals surface area contributed by atoms with Gasteiger partial charge < -0.3 is 14.6 Å². The van der Waals surface area contributed by atoms with Gasteiger partial charge in [-0.15, -0.1) is 0 Å². The summed E-state index contributed by atoms with van der Waals surface area (Å²) in [5.74, 6) is -0.373. The minimum absolute atomic E-state index is 0.182. The molecule has 0 saturated heterocycles. The van der Waals surface area contributed by atoms with E-state index in [1.54, 1.807) is 0 Å². The summed E-state index contributed by atoms with van der Waals surface area (Å²) in [5.41, 5.74) is 0. The molecule has 1 unspecified atom stereocenters. The van der Waals surface area contributed by atoms with Crippen molar-refractivity contribution in [2.75, 3.05) is 19.8 Å². The smallest absolute Gasteiger partial charge is 0.303 e. The lowest BCUT2D eigenvalue weighted by molar-refractivity contribution is -0.152. The minimum atomic E-state index is -0.526. The molecule has 0 heterocycles. The molecular formula is C29H58O4. The second-order valence-electron chi connectivity index (χ2n) is 9.91. The summed E-state index contributed by atoms with van der Waals surface area (Å²) in [7, 11) is 0. The molecule has 0 spiro atoms. The van der Waals surface area contributed by atoms with Crippen LogP contribution in [-0.2, 0) is 14.3 Å². The first-order chi connectivity index (χ1) is 16.2. The Morgan fingerprint density at radius 1 is 0.606 bits per heavy atom. The topological polar surface area (TPSA) is 55.8 Å². The Balaban J connectivity index is 3.11. The standard InChI is InChI=1S/C29H58O4/c1-3-4-5-6-7-8-9-10-11-12-13-14-15-16-17-18-19-20-21-22-23-24-25-32-27-29(26-30)33-28(2)31/h29-30H,3-27H2,1-2H3. The van der Waals surface area contributed by atoms with Crippen LogP contribution >= 0.6 is 0 Å². The average molecular weight is 471 g/mol. The van der Waals surface area contributed by atoms with Crippen molar-refractivity contribution in [3.05, 3.63) is 0 Å². The van der Waals surface area contributed by atoms with Gasteiger partial charge in [0.1, 0.15) is 6.10 Å². The van der Waals surface area contributed by atoms with Crippen molar-refractivity contribution in [1.29, 1.82) is 0 Å². The molecular weight excluding hydrogens is 412 g/mol. The van der Waals surface area contributed by atoms with Crippen molar-refractivity contribution in [3.8, 4) is 0 Å². The number of carbonyl (C=O) groups is 1. The molecule has 1 N–H and O–H groups in total. The number of carbonyl (C=O) groups excluding carboxylic acids is 1. The molecule has 0 radical (unpaired) electrons. The Kier molecular flexibility index (Phi) is 27.1. The third-order valence-corrected chi connectivity index (χ3v) is 6.48. The van der Waals surface area contributed by atoms with Gasteiger partial charge in [-0.1, -0.05) is 142 Å². The molecule has 0 aromatic heterocycles. The Bertz CT molecular complexity index is 386. The Labute approximate surface area is 206 Å². The highest BCUT2D eigenvalue weighted by Gasteiger charge is 2.10. The van der Waals surface area contributed by atoms with Crippen LogP contribution in [-0.4, -0.2) is 37.0 Å². The van der Waals surface area contributed by atoms with Crippen LogP contribution in [0.15, 0.2) is 0 Å². The predicted molar refractivity (Wildman–Crippen MR) is 141 cm³/mol. The second-order valence-corrected chi connectivity index (χ2v) is 9.91. The summed E-state index contributed by atoms with van der Waals surface area (Å²) in [6.45, 7) is 4.42. The van der Waals surface area contributed by atoms with Gasteiger partial charge >= 0.3 is 5.97 Å². The lowest BCUT2D eigenvalue weighted by Crippen LogP contribution is -2.26. The fraction of sp³-hybridized carbons (Fsp3) is 0.966. The molecule has 0 aliphatic heterocycles. The van der Waals surface area contributed by atoms with E-state index >= 15 is 0 Å². The van der Waals surface area contributed by atoms with Gasteiger partial charge in [0.15, 0.2) is 0 Å². The number of ether oxygens (including phenoxy) is 2. The van der Waals surface area contributed by atoms with Gasteiger partial charge in [0.05, 0.1) is 13.2 Å². The average Bonchev–Trinajstić information content (AvgIpc) is 2.80. The molecule has 198 valence electrons. The van der Waals surface area contributed by atoms with E-state index in [1.807, 2.05) is 0 Å². The summed E-state index contributed by atoms with van der Waals surface area (Å²) >= 11 is 0. The van der Waals surface area contributed by atoms with E-state index in [4.69, 9.17) is 14.6 Å². The molecule has 0 fully saturated rings. The van der Waals surface area contributed by atoms with Gasteiger partial charge in [0, 0.05) is 13.5 Å². The van der Waals surface area contributed by atoms with E-state index < -0.39 is 6.10 Å². The van der Waals surface area contributed by atoms with Gasteiger partial charge in [-0.2, -0.15) is 0 Å². The maximum Gasteiger partial charge on any atom is 0.303 e. The quantitative estimate of drug-likeness (QED) is 0.0965. The van der Waals surface area contributed by atoms with Crippen molar-refractivity contribution in [1.82, 2.24) is 0 Å². The Morgan fingerprint density at radius 2 is 0.939 bits per heavy atom. The zero-order valence-corrected chi connectivity index (χ0v) is 22.4. The zero-order valence-electron chi connectivity index (χ0n) is 22.4. The largest absolute Gasteiger partial charge is 0.458 e. The van der Waals surface area contributed by atoms with Crippen molar-refractivity contribution in [3.63, 3.8) is 0 Å². The number of rotatable bonds is 27. The fourth-order valence-corrected chi connectivity index (χ4v) is 4.39. The Hall–Kier alpha value is -0.610. The summed E-state index contributed by atoms with van der Waals surface area (Å²) in [6.07, 6.45) is 30.1. The highest BCUT2D eigenvalue weighted by Crippen LogP contribution is 2.15. The monoisotopic (exact) mass is 470 g/mol. The first-order valence-electron chi connectivity index (χ1n) is 14.6. The van der Waals surface area contributed by atoms with Gasteiger partial charge in [0.2, 0.25) is 0 Å². The predicted octanol–water partition coefficient (Wildman–Crippen LogP) is 8.53. The molecule has 1 atom stereocenters. The van der Waals surface area contributed by atoms with E-state index in [9.17, 15) is 4.79 Å². The number of unbranched alkanes of at least 4 members (excludes halogenated alkanes) is 21. The molecule has 33 heavy (non-hydrogen) atoms. The highest BCUT2D eigenvalue weighted by molar-refractivity contribution is 5.66. The lowest BCUT2D eigenvalue weighted by atomic mass is 10.0. The summed E-state index contributed by atoms with van der Waals surface area (Å²) in [5, 5.41) is 9.10. The SMILES string of the molecule is CCCCCCCCCCCCCCCCCCCCCCCCOCC(CO)OC(C)=O. The molecule has 0 aliphatic rings. The maximum atomic E-state index is 10.9. The van der Waals surface area contributed by atoms with E-state index in [-0.39, 0.29) is 19.2 Å². The third kappa shape index (κ3) is 27.5. The van der Waals surface area contributed by atoms with Gasteiger partial charge in [-0.3, -0.25) is 4.79 Å². The normalized spacial score (nSPS) is 12.2. The molecule has 4 nitrogen and oxygen atoms in total. The molecule has 0 aliphatic carbocycles. The van der Waals surface area contributed by atoms with Crippen LogP contribution in [0.1, 0.15) is 155 Å². The van der Waals surface area contributed by atoms with Gasteiger partial charge in [-0.05, 0) is 6.42 Å². The highest BCUT2D eigenvalue weighted by atomic mass is 16.6. The molecule has 0 rings (SSSR count). The molecule has 0 saturated carbocycles. The van der Waals surface area contributed by atoms with Crippen molar-refractivity contribution in [2.24, 2.45) is 0 Å². The number of aliphatic hydroxyl groups excluding tert-OH is 1. The first-order valence-corrected chi connectivity index (χ1v) is 14.6. The lowest BCUT2D eigenvalue weighted by Gasteiger charge is -2.14. The van der Waals surface area contributed by atoms with Crippen LogP contribution < -0.4 is 0 Å². The summed E-state index contributed by atoms with van der Waals surface area (Å²) in [6, 6.07) is 0. The number of hydrogen-bond acceptors (Lipinski definition) is 4. The third-order valence-electron chi connectivity index (χ3n) is 6.48.